The second-order valence-corrected chi connectivity index (χ2v) is 33.1. The summed E-state index contributed by atoms with van der Waals surface area (Å²) in [4.78, 5) is 0. The molecule has 0 aliphatic heterocycles. The first-order valence-electron chi connectivity index (χ1n) is 5.01. The molecule has 0 aliphatic carbocycles. The quantitative estimate of drug-likeness (QED) is 0.194. The molecule has 0 heterocycles. The van der Waals surface area contributed by atoms with Crippen molar-refractivity contribution in [1.29, 1.82) is 0 Å². The van der Waals surface area contributed by atoms with Gasteiger partial charge in [0, 0.05) is 0 Å². The standard InChI is InChI=1S/C8H18I2O6Te/c9-17(10,15-7-5-13-3-1-11)16-8-6-14-4-2-12/h11-12H,1-8H2. The van der Waals surface area contributed by atoms with E-state index in [2.05, 4.69) is 37.4 Å². The van der Waals surface area contributed by atoms with Gasteiger partial charge in [-0.1, -0.05) is 0 Å². The van der Waals surface area contributed by atoms with Gasteiger partial charge in [-0.05, 0) is 0 Å². The van der Waals surface area contributed by atoms with Crippen LogP contribution in [0.5, 0.6) is 0 Å². The van der Waals surface area contributed by atoms with Crippen LogP contribution < -0.4 is 0 Å². The van der Waals surface area contributed by atoms with E-state index in [0.717, 1.165) is 0 Å². The zero-order chi connectivity index (χ0) is 13.0. The molecule has 0 saturated carbocycles. The van der Waals surface area contributed by atoms with Crippen LogP contribution in [0.15, 0.2) is 0 Å². The molecular formula is C8H18I2O6Te. The number of hydrogen-bond acceptors (Lipinski definition) is 6. The van der Waals surface area contributed by atoms with Gasteiger partial charge in [-0.2, -0.15) is 0 Å². The Kier molecular flexibility index (Phi) is 14.6. The Labute approximate surface area is 126 Å². The molecule has 17 heavy (non-hydrogen) atoms. The third-order valence-electron chi connectivity index (χ3n) is 1.37. The van der Waals surface area contributed by atoms with Crippen LogP contribution in [-0.4, -0.2) is 74.2 Å². The van der Waals surface area contributed by atoms with Gasteiger partial charge in [-0.15, -0.1) is 0 Å². The first-order valence-corrected chi connectivity index (χ1v) is 20.5. The maximum atomic E-state index is 8.50. The molecule has 0 aliphatic rings. The van der Waals surface area contributed by atoms with Gasteiger partial charge in [0.15, 0.2) is 0 Å². The molecule has 0 aromatic carbocycles. The molecule has 0 saturated heterocycles. The molecule has 9 heteroatoms. The Balaban J connectivity index is 3.38. The molecule has 0 bridgehead atoms. The predicted octanol–water partition coefficient (Wildman–Crippen LogP) is 0.343. The summed E-state index contributed by atoms with van der Waals surface area (Å²) in [5.74, 6) is 0. The van der Waals surface area contributed by atoms with E-state index in [4.69, 9.17) is 25.9 Å². The Morgan fingerprint density at radius 2 is 1.12 bits per heavy atom. The zero-order valence-electron chi connectivity index (χ0n) is 9.35. The first-order chi connectivity index (χ1) is 8.12. The number of halogens is 2. The van der Waals surface area contributed by atoms with E-state index in [9.17, 15) is 0 Å². The van der Waals surface area contributed by atoms with E-state index < -0.39 is 11.1 Å². The summed E-state index contributed by atoms with van der Waals surface area (Å²) in [7, 11) is 0. The van der Waals surface area contributed by atoms with Crippen LogP contribution in [-0.2, 0) is 15.7 Å². The van der Waals surface area contributed by atoms with Crippen molar-refractivity contribution in [2.45, 2.75) is 0 Å². The van der Waals surface area contributed by atoms with E-state index >= 15 is 0 Å². The maximum absolute atomic E-state index is 8.50. The van der Waals surface area contributed by atoms with Gasteiger partial charge < -0.3 is 0 Å². The average Bonchev–Trinajstić information content (AvgIpc) is 2.28. The second kappa shape index (κ2) is 13.0. The predicted molar refractivity (Wildman–Crippen MR) is 81.5 cm³/mol. The molecule has 0 amide bonds. The van der Waals surface area contributed by atoms with E-state index in [0.29, 0.717) is 39.6 Å². The molecule has 6 nitrogen and oxygen atoms in total. The number of hydrogen-bond donors (Lipinski definition) is 2. The monoisotopic (exact) mass is 594 g/mol. The molecule has 0 rings (SSSR count). The van der Waals surface area contributed by atoms with E-state index in [1.54, 1.807) is 0 Å². The summed E-state index contributed by atoms with van der Waals surface area (Å²) < 4.78 is 21.4. The summed E-state index contributed by atoms with van der Waals surface area (Å²) in [6, 6.07) is 0. The van der Waals surface area contributed by atoms with Crippen molar-refractivity contribution >= 4 is 48.5 Å². The van der Waals surface area contributed by atoms with Crippen molar-refractivity contribution in [3.63, 3.8) is 0 Å². The Morgan fingerprint density at radius 3 is 1.47 bits per heavy atom. The SMILES string of the molecule is OCCOCCO[Te](I)(I)OCCOCCO. The summed E-state index contributed by atoms with van der Waals surface area (Å²) in [6.45, 7) is 2.61. The minimum absolute atomic E-state index is 0.0277. The molecule has 0 radical (unpaired) electrons. The number of aliphatic hydroxyl groups excluding tert-OH is 2. The molecule has 0 atom stereocenters. The number of rotatable bonds is 12. The average molecular weight is 592 g/mol. The van der Waals surface area contributed by atoms with Crippen molar-refractivity contribution in [3.8, 4) is 0 Å². The first kappa shape index (κ1) is 19.0. The van der Waals surface area contributed by atoms with Gasteiger partial charge in [0.1, 0.15) is 0 Å². The Hall–Kier alpha value is 2.01. The summed E-state index contributed by atoms with van der Waals surface area (Å²) >= 11 is 1.75. The summed E-state index contributed by atoms with van der Waals surface area (Å²) in [6.07, 6.45) is 0. The van der Waals surface area contributed by atoms with Crippen molar-refractivity contribution in [3.05, 3.63) is 0 Å². The third kappa shape index (κ3) is 14.2. The van der Waals surface area contributed by atoms with Crippen LogP contribution >= 0.6 is 37.4 Å². The Bertz CT molecular complexity index is 158. The molecule has 0 spiro atoms. The fraction of sp³-hybridized carbons (Fsp3) is 1.00. The van der Waals surface area contributed by atoms with Crippen molar-refractivity contribution in [2.24, 2.45) is 0 Å². The molecule has 0 aromatic heterocycles. The van der Waals surface area contributed by atoms with Crippen LogP contribution in [0, 0.1) is 0 Å². The van der Waals surface area contributed by atoms with Gasteiger partial charge in [-0.3, -0.25) is 0 Å². The van der Waals surface area contributed by atoms with Gasteiger partial charge in [0.25, 0.3) is 0 Å². The van der Waals surface area contributed by atoms with Crippen molar-refractivity contribution in [2.75, 3.05) is 52.9 Å². The van der Waals surface area contributed by atoms with Crippen LogP contribution in [0.2, 0.25) is 0 Å². The number of aliphatic hydroxyl groups is 2. The van der Waals surface area contributed by atoms with Crippen LogP contribution in [0.4, 0.5) is 0 Å². The summed E-state index contributed by atoms with van der Waals surface area (Å²) in [5.41, 5.74) is 0. The van der Waals surface area contributed by atoms with Crippen LogP contribution in [0.25, 0.3) is 0 Å². The molecule has 2 N–H and O–H groups in total. The fourth-order valence-corrected chi connectivity index (χ4v) is 7.26. The second-order valence-electron chi connectivity index (χ2n) is 2.69. The normalized spacial score (nSPS) is 12.9. The van der Waals surface area contributed by atoms with Gasteiger partial charge in [0.2, 0.25) is 0 Å². The fourth-order valence-electron chi connectivity index (χ4n) is 0.747. The van der Waals surface area contributed by atoms with Gasteiger partial charge in [-0.25, -0.2) is 0 Å². The minimum atomic E-state index is -2.69. The molecule has 0 unspecified atom stereocenters. The molecule has 106 valence electrons. The van der Waals surface area contributed by atoms with Gasteiger partial charge in [0.05, 0.1) is 0 Å². The van der Waals surface area contributed by atoms with E-state index in [1.807, 2.05) is 0 Å². The molecule has 0 aromatic rings. The van der Waals surface area contributed by atoms with Crippen LogP contribution in [0.3, 0.4) is 0 Å². The third-order valence-corrected chi connectivity index (χ3v) is 10.7. The van der Waals surface area contributed by atoms with Crippen molar-refractivity contribution < 1.29 is 25.9 Å². The molecule has 0 fully saturated rings. The van der Waals surface area contributed by atoms with Gasteiger partial charge >= 0.3 is 127 Å². The number of ether oxygens (including phenoxy) is 2. The van der Waals surface area contributed by atoms with E-state index in [-0.39, 0.29) is 13.2 Å². The Morgan fingerprint density at radius 1 is 0.706 bits per heavy atom. The zero-order valence-corrected chi connectivity index (χ0v) is 16.0. The topological polar surface area (TPSA) is 77.4 Å². The summed E-state index contributed by atoms with van der Waals surface area (Å²) in [5, 5.41) is 17.0. The van der Waals surface area contributed by atoms with E-state index in [1.165, 1.54) is 0 Å². The van der Waals surface area contributed by atoms with Crippen molar-refractivity contribution in [1.82, 2.24) is 0 Å². The molecular weight excluding hydrogens is 573 g/mol. The van der Waals surface area contributed by atoms with Crippen LogP contribution in [0.1, 0.15) is 0 Å².